The van der Waals surface area contributed by atoms with Gasteiger partial charge >= 0.3 is 0 Å². The van der Waals surface area contributed by atoms with Crippen molar-refractivity contribution in [3.63, 3.8) is 0 Å². The monoisotopic (exact) mass is 222 g/mol. The summed E-state index contributed by atoms with van der Waals surface area (Å²) >= 11 is 0. The number of hydrogen-bond donors (Lipinski definition) is 2. The molecule has 4 heteroatoms. The average molecular weight is 222 g/mol. The number of hydrogen-bond acceptors (Lipinski definition) is 3. The summed E-state index contributed by atoms with van der Waals surface area (Å²) in [6.45, 7) is 3.56. The molecule has 0 aromatic heterocycles. The molecule has 1 aromatic carbocycles. The van der Waals surface area contributed by atoms with Gasteiger partial charge in [0.1, 0.15) is 5.75 Å². The molecule has 0 unspecified atom stereocenters. The third-order valence-electron chi connectivity index (χ3n) is 2.38. The maximum atomic E-state index is 11.4. The Bertz CT molecular complexity index is 364. The first-order valence-corrected chi connectivity index (χ1v) is 5.25. The molecule has 16 heavy (non-hydrogen) atoms. The quantitative estimate of drug-likeness (QED) is 0.805. The summed E-state index contributed by atoms with van der Waals surface area (Å²) in [6, 6.07) is 6.97. The van der Waals surface area contributed by atoms with E-state index in [1.54, 1.807) is 14.0 Å². The zero-order chi connectivity index (χ0) is 12.1. The molecule has 0 saturated heterocycles. The number of rotatable bonds is 4. The van der Waals surface area contributed by atoms with Crippen LogP contribution in [0.5, 0.6) is 5.75 Å². The largest absolute Gasteiger partial charge is 0.496 e. The van der Waals surface area contributed by atoms with Crippen molar-refractivity contribution in [2.24, 2.45) is 5.73 Å². The minimum absolute atomic E-state index is 0.116. The van der Waals surface area contributed by atoms with Crippen LogP contribution in [0.3, 0.4) is 0 Å². The first-order chi connectivity index (χ1) is 7.56. The molecule has 0 fully saturated rings. The van der Waals surface area contributed by atoms with Gasteiger partial charge in [-0.15, -0.1) is 0 Å². The molecule has 3 N–H and O–H groups in total. The highest BCUT2D eigenvalue weighted by Gasteiger charge is 2.15. The highest BCUT2D eigenvalue weighted by molar-refractivity contribution is 5.81. The smallest absolute Gasteiger partial charge is 0.237 e. The van der Waals surface area contributed by atoms with Crippen molar-refractivity contribution < 1.29 is 9.53 Å². The van der Waals surface area contributed by atoms with Gasteiger partial charge in [-0.2, -0.15) is 0 Å². The lowest BCUT2D eigenvalue weighted by Gasteiger charge is -2.18. The van der Waals surface area contributed by atoms with Crippen LogP contribution in [0.15, 0.2) is 24.3 Å². The van der Waals surface area contributed by atoms with E-state index in [4.69, 9.17) is 10.5 Å². The maximum Gasteiger partial charge on any atom is 0.237 e. The molecule has 0 spiro atoms. The molecule has 88 valence electrons. The molecule has 0 saturated carbocycles. The first kappa shape index (κ1) is 12.5. The third-order valence-corrected chi connectivity index (χ3v) is 2.38. The Hall–Kier alpha value is -1.55. The van der Waals surface area contributed by atoms with Gasteiger partial charge < -0.3 is 15.8 Å². The van der Waals surface area contributed by atoms with E-state index in [1.807, 2.05) is 31.2 Å². The molecule has 1 aromatic rings. The lowest BCUT2D eigenvalue weighted by atomic mass is 10.1. The van der Waals surface area contributed by atoms with Crippen LogP contribution in [0.2, 0.25) is 0 Å². The van der Waals surface area contributed by atoms with Crippen LogP contribution in [0.1, 0.15) is 25.5 Å². The third kappa shape index (κ3) is 2.97. The fraction of sp³-hybridized carbons (Fsp3) is 0.417. The van der Waals surface area contributed by atoms with Crippen molar-refractivity contribution in [2.75, 3.05) is 7.11 Å². The van der Waals surface area contributed by atoms with E-state index in [9.17, 15) is 4.79 Å². The predicted octanol–water partition coefficient (Wildman–Crippen LogP) is 1.22. The van der Waals surface area contributed by atoms with Crippen molar-refractivity contribution in [2.45, 2.75) is 25.9 Å². The number of amides is 1. The van der Waals surface area contributed by atoms with Gasteiger partial charge in [0.2, 0.25) is 5.91 Å². The van der Waals surface area contributed by atoms with Crippen LogP contribution >= 0.6 is 0 Å². The molecule has 4 nitrogen and oxygen atoms in total. The molecule has 0 aliphatic carbocycles. The highest BCUT2D eigenvalue weighted by atomic mass is 16.5. The van der Waals surface area contributed by atoms with Crippen LogP contribution < -0.4 is 15.8 Å². The second-order valence-corrected chi connectivity index (χ2v) is 3.76. The van der Waals surface area contributed by atoms with Crippen molar-refractivity contribution in [3.05, 3.63) is 29.8 Å². The zero-order valence-electron chi connectivity index (χ0n) is 9.86. The molecular formula is C12H18N2O2. The SMILES string of the molecule is COc1ccccc1[C@@H](C)NC(=O)[C@@H](C)N. The van der Waals surface area contributed by atoms with E-state index in [1.165, 1.54) is 0 Å². The summed E-state index contributed by atoms with van der Waals surface area (Å²) < 4.78 is 5.23. The number of carbonyl (C=O) groups is 1. The standard InChI is InChI=1S/C12H18N2O2/c1-8(13)12(15)14-9(2)10-6-4-5-7-11(10)16-3/h4-9H,13H2,1-3H3,(H,14,15)/t8-,9-/m1/s1. The summed E-state index contributed by atoms with van der Waals surface area (Å²) in [5, 5.41) is 2.83. The summed E-state index contributed by atoms with van der Waals surface area (Å²) in [4.78, 5) is 11.4. The number of ether oxygens (including phenoxy) is 1. The van der Waals surface area contributed by atoms with Gasteiger partial charge in [-0.3, -0.25) is 4.79 Å². The lowest BCUT2D eigenvalue weighted by molar-refractivity contribution is -0.122. The zero-order valence-corrected chi connectivity index (χ0v) is 9.86. The average Bonchev–Trinajstić information content (AvgIpc) is 2.28. The van der Waals surface area contributed by atoms with Gasteiger partial charge in [0, 0.05) is 5.56 Å². The molecule has 0 aliphatic rings. The molecule has 1 rings (SSSR count). The summed E-state index contributed by atoms with van der Waals surface area (Å²) in [5.74, 6) is 0.596. The maximum absolute atomic E-state index is 11.4. The van der Waals surface area contributed by atoms with Gasteiger partial charge in [0.25, 0.3) is 0 Å². The van der Waals surface area contributed by atoms with E-state index in [0.29, 0.717) is 0 Å². The van der Waals surface area contributed by atoms with Crippen LogP contribution in [0, 0.1) is 0 Å². The van der Waals surface area contributed by atoms with Crippen molar-refractivity contribution in [1.82, 2.24) is 5.32 Å². The van der Waals surface area contributed by atoms with Crippen LogP contribution in [-0.4, -0.2) is 19.1 Å². The Labute approximate surface area is 95.8 Å². The Balaban J connectivity index is 2.80. The molecule has 0 radical (unpaired) electrons. The molecule has 1 amide bonds. The number of methoxy groups -OCH3 is 1. The fourth-order valence-corrected chi connectivity index (χ4v) is 1.45. The number of nitrogens with two attached hydrogens (primary N) is 1. The number of benzene rings is 1. The Morgan fingerprint density at radius 2 is 2.00 bits per heavy atom. The second kappa shape index (κ2) is 5.51. The van der Waals surface area contributed by atoms with Crippen LogP contribution in [0.4, 0.5) is 0 Å². The molecular weight excluding hydrogens is 204 g/mol. The Morgan fingerprint density at radius 3 is 2.56 bits per heavy atom. The highest BCUT2D eigenvalue weighted by Crippen LogP contribution is 2.24. The van der Waals surface area contributed by atoms with Gasteiger partial charge in [0.15, 0.2) is 0 Å². The lowest BCUT2D eigenvalue weighted by Crippen LogP contribution is -2.39. The van der Waals surface area contributed by atoms with Gasteiger partial charge in [-0.05, 0) is 19.9 Å². The molecule has 0 aliphatic heterocycles. The van der Waals surface area contributed by atoms with E-state index >= 15 is 0 Å². The van der Waals surface area contributed by atoms with E-state index in [2.05, 4.69) is 5.32 Å². The summed E-state index contributed by atoms with van der Waals surface area (Å²) in [7, 11) is 1.61. The number of nitrogens with one attached hydrogen (secondary N) is 1. The number of carbonyl (C=O) groups excluding carboxylic acids is 1. The van der Waals surface area contributed by atoms with Crippen LogP contribution in [0.25, 0.3) is 0 Å². The topological polar surface area (TPSA) is 64.3 Å². The first-order valence-electron chi connectivity index (χ1n) is 5.25. The van der Waals surface area contributed by atoms with Crippen molar-refractivity contribution >= 4 is 5.91 Å². The Kier molecular flexibility index (Phi) is 4.31. The number of para-hydroxylation sites is 1. The minimum Gasteiger partial charge on any atom is -0.496 e. The van der Waals surface area contributed by atoms with E-state index in [0.717, 1.165) is 11.3 Å². The normalized spacial score (nSPS) is 14.0. The van der Waals surface area contributed by atoms with Gasteiger partial charge in [0.05, 0.1) is 19.2 Å². The van der Waals surface area contributed by atoms with E-state index in [-0.39, 0.29) is 11.9 Å². The van der Waals surface area contributed by atoms with Crippen molar-refractivity contribution in [1.29, 1.82) is 0 Å². The molecule has 0 heterocycles. The van der Waals surface area contributed by atoms with E-state index < -0.39 is 6.04 Å². The summed E-state index contributed by atoms with van der Waals surface area (Å²) in [6.07, 6.45) is 0. The summed E-state index contributed by atoms with van der Waals surface area (Å²) in [5.41, 5.74) is 6.43. The van der Waals surface area contributed by atoms with Crippen molar-refractivity contribution in [3.8, 4) is 5.75 Å². The molecule has 0 bridgehead atoms. The van der Waals surface area contributed by atoms with Gasteiger partial charge in [-0.1, -0.05) is 18.2 Å². The van der Waals surface area contributed by atoms with Crippen LogP contribution in [-0.2, 0) is 4.79 Å². The second-order valence-electron chi connectivity index (χ2n) is 3.76. The molecule has 2 atom stereocenters. The fourth-order valence-electron chi connectivity index (χ4n) is 1.45. The predicted molar refractivity (Wildman–Crippen MR) is 63.2 cm³/mol. The van der Waals surface area contributed by atoms with Gasteiger partial charge in [-0.25, -0.2) is 0 Å². The Morgan fingerprint density at radius 1 is 1.38 bits per heavy atom. The minimum atomic E-state index is -0.503.